The topological polar surface area (TPSA) is 12.4 Å². The third-order valence-corrected chi connectivity index (χ3v) is 5.81. The Hall–Kier alpha value is -0.670. The van der Waals surface area contributed by atoms with Crippen molar-refractivity contribution in [2.24, 2.45) is 4.99 Å². The van der Waals surface area contributed by atoms with Crippen molar-refractivity contribution in [2.45, 2.75) is 50.7 Å². The van der Waals surface area contributed by atoms with Crippen molar-refractivity contribution in [3.05, 3.63) is 45.8 Å². The molecule has 21 heavy (non-hydrogen) atoms. The molecule has 0 radical (unpaired) electrons. The Morgan fingerprint density at radius 3 is 2.57 bits per heavy atom. The first-order valence-corrected chi connectivity index (χ1v) is 9.87. The summed E-state index contributed by atoms with van der Waals surface area (Å²) >= 11 is 3.55. The Bertz CT molecular complexity index is 459. The molecule has 1 aromatic rings. The number of aliphatic imine (C=N–C) groups is 1. The summed E-state index contributed by atoms with van der Waals surface area (Å²) in [6.45, 7) is 5.75. The van der Waals surface area contributed by atoms with Crippen molar-refractivity contribution in [3.63, 3.8) is 0 Å². The highest BCUT2D eigenvalue weighted by Crippen LogP contribution is 2.33. The molecule has 1 fully saturated rings. The van der Waals surface area contributed by atoms with Crippen LogP contribution in [0.3, 0.4) is 0 Å². The summed E-state index contributed by atoms with van der Waals surface area (Å²) in [5.41, 5.74) is 2.93. The van der Waals surface area contributed by atoms with E-state index in [2.05, 4.69) is 48.3 Å². The summed E-state index contributed by atoms with van der Waals surface area (Å²) in [4.78, 5) is 4.04. The Labute approximate surface area is 137 Å². The molecular weight excluding hydrogens is 294 g/mol. The highest BCUT2D eigenvalue weighted by atomic mass is 32.2. The lowest BCUT2D eigenvalue weighted by Crippen LogP contribution is -2.04. The van der Waals surface area contributed by atoms with Crippen LogP contribution in [-0.2, 0) is 5.75 Å². The number of benzene rings is 1. The van der Waals surface area contributed by atoms with Gasteiger partial charge in [0.1, 0.15) is 5.03 Å². The van der Waals surface area contributed by atoms with E-state index in [4.69, 9.17) is 0 Å². The standard InChI is InChI=1S/C18H25NS2/c1-3-21-18(19-2)14-20-13-15-9-11-17(12-10-15)16-7-5-4-6-8-16/h9-12,14,16H,2-8,13H2,1H3/b18-14+. The largest absolute Gasteiger partial charge is 0.257 e. The van der Waals surface area contributed by atoms with Crippen LogP contribution in [0.15, 0.2) is 39.7 Å². The average Bonchev–Trinajstić information content (AvgIpc) is 2.55. The Morgan fingerprint density at radius 1 is 1.24 bits per heavy atom. The predicted molar refractivity (Wildman–Crippen MR) is 99.3 cm³/mol. The van der Waals surface area contributed by atoms with E-state index in [0.29, 0.717) is 0 Å². The van der Waals surface area contributed by atoms with Gasteiger partial charge in [-0.15, -0.1) is 23.5 Å². The van der Waals surface area contributed by atoms with Crippen molar-refractivity contribution in [3.8, 4) is 0 Å². The van der Waals surface area contributed by atoms with E-state index in [1.165, 1.54) is 43.2 Å². The highest BCUT2D eigenvalue weighted by Gasteiger charge is 2.14. The first-order valence-electron chi connectivity index (χ1n) is 7.83. The Balaban J connectivity index is 1.85. The minimum absolute atomic E-state index is 0.804. The van der Waals surface area contributed by atoms with Gasteiger partial charge in [0.25, 0.3) is 0 Å². The van der Waals surface area contributed by atoms with Crippen LogP contribution >= 0.6 is 23.5 Å². The van der Waals surface area contributed by atoms with Gasteiger partial charge in [0, 0.05) is 11.2 Å². The minimum atomic E-state index is 0.804. The first-order chi connectivity index (χ1) is 10.3. The Kier molecular flexibility index (Phi) is 7.45. The molecule has 1 saturated carbocycles. The predicted octanol–water partition coefficient (Wildman–Crippen LogP) is 6.22. The van der Waals surface area contributed by atoms with E-state index in [1.807, 2.05) is 0 Å². The molecule has 1 aliphatic rings. The lowest BCUT2D eigenvalue weighted by Gasteiger charge is -2.22. The van der Waals surface area contributed by atoms with Crippen LogP contribution in [0.5, 0.6) is 0 Å². The summed E-state index contributed by atoms with van der Waals surface area (Å²) in [5, 5.41) is 3.15. The summed E-state index contributed by atoms with van der Waals surface area (Å²) in [5.74, 6) is 2.85. The van der Waals surface area contributed by atoms with Crippen LogP contribution in [0.2, 0.25) is 0 Å². The molecule has 0 atom stereocenters. The molecule has 0 saturated heterocycles. The lowest BCUT2D eigenvalue weighted by atomic mass is 9.84. The highest BCUT2D eigenvalue weighted by molar-refractivity contribution is 8.05. The molecule has 1 aromatic carbocycles. The van der Waals surface area contributed by atoms with Crippen molar-refractivity contribution >= 4 is 30.2 Å². The smallest absolute Gasteiger partial charge is 0.102 e. The number of nitrogens with zero attached hydrogens (tertiary/aromatic N) is 1. The molecule has 114 valence electrons. The van der Waals surface area contributed by atoms with Crippen LogP contribution in [0, 0.1) is 0 Å². The van der Waals surface area contributed by atoms with Gasteiger partial charge in [-0.25, -0.2) is 0 Å². The molecule has 0 unspecified atom stereocenters. The number of hydrogen-bond donors (Lipinski definition) is 0. The molecule has 0 spiro atoms. The average molecular weight is 320 g/mol. The summed E-state index contributed by atoms with van der Waals surface area (Å²) in [6.07, 6.45) is 6.98. The summed E-state index contributed by atoms with van der Waals surface area (Å²) in [6, 6.07) is 9.25. The molecule has 3 heteroatoms. The van der Waals surface area contributed by atoms with Crippen LogP contribution < -0.4 is 0 Å². The van der Waals surface area contributed by atoms with Gasteiger partial charge < -0.3 is 0 Å². The van der Waals surface area contributed by atoms with Crippen LogP contribution in [0.25, 0.3) is 0 Å². The zero-order chi connectivity index (χ0) is 14.9. The van der Waals surface area contributed by atoms with Gasteiger partial charge in [-0.05, 0) is 42.4 Å². The fraction of sp³-hybridized carbons (Fsp3) is 0.500. The first kappa shape index (κ1) is 16.7. The number of rotatable bonds is 7. The fourth-order valence-corrected chi connectivity index (χ4v) is 4.34. The zero-order valence-electron chi connectivity index (χ0n) is 12.9. The second-order valence-corrected chi connectivity index (χ2v) is 7.58. The van der Waals surface area contributed by atoms with E-state index >= 15 is 0 Å². The minimum Gasteiger partial charge on any atom is -0.257 e. The fourth-order valence-electron chi connectivity index (χ4n) is 2.80. The molecule has 0 bridgehead atoms. The maximum absolute atomic E-state index is 4.04. The van der Waals surface area contributed by atoms with Gasteiger partial charge in [0.15, 0.2) is 0 Å². The normalized spacial score (nSPS) is 16.9. The van der Waals surface area contributed by atoms with E-state index in [-0.39, 0.29) is 0 Å². The van der Waals surface area contributed by atoms with E-state index in [1.54, 1.807) is 23.5 Å². The molecule has 1 aliphatic carbocycles. The van der Waals surface area contributed by atoms with Crippen LogP contribution in [0.4, 0.5) is 0 Å². The second-order valence-electron chi connectivity index (χ2n) is 5.43. The second kappa shape index (κ2) is 9.37. The number of hydrogen-bond acceptors (Lipinski definition) is 3. The van der Waals surface area contributed by atoms with E-state index < -0.39 is 0 Å². The Morgan fingerprint density at radius 2 is 1.95 bits per heavy atom. The lowest BCUT2D eigenvalue weighted by molar-refractivity contribution is 0.443. The molecule has 0 aromatic heterocycles. The molecule has 0 heterocycles. The van der Waals surface area contributed by atoms with E-state index in [9.17, 15) is 0 Å². The third-order valence-electron chi connectivity index (χ3n) is 3.94. The molecular formula is C18H25NS2. The van der Waals surface area contributed by atoms with Gasteiger partial charge in [-0.1, -0.05) is 50.5 Å². The zero-order valence-corrected chi connectivity index (χ0v) is 14.5. The SMILES string of the molecule is C=N/C(=C\SCc1ccc(C2CCCCC2)cc1)SCC. The van der Waals surface area contributed by atoms with Gasteiger partial charge >= 0.3 is 0 Å². The maximum Gasteiger partial charge on any atom is 0.102 e. The van der Waals surface area contributed by atoms with Gasteiger partial charge in [0.05, 0.1) is 0 Å². The third kappa shape index (κ3) is 5.55. The van der Waals surface area contributed by atoms with Crippen molar-refractivity contribution in [2.75, 3.05) is 5.75 Å². The summed E-state index contributed by atoms with van der Waals surface area (Å²) in [7, 11) is 0. The van der Waals surface area contributed by atoms with Crippen molar-refractivity contribution in [1.82, 2.24) is 0 Å². The van der Waals surface area contributed by atoms with Crippen LogP contribution in [0.1, 0.15) is 56.1 Å². The molecule has 2 rings (SSSR count). The van der Waals surface area contributed by atoms with Gasteiger partial charge in [-0.3, -0.25) is 4.99 Å². The van der Waals surface area contributed by atoms with E-state index in [0.717, 1.165) is 22.5 Å². The van der Waals surface area contributed by atoms with Gasteiger partial charge in [-0.2, -0.15) is 0 Å². The summed E-state index contributed by atoms with van der Waals surface area (Å²) < 4.78 is 0. The monoisotopic (exact) mass is 319 g/mol. The molecule has 0 aliphatic heterocycles. The van der Waals surface area contributed by atoms with Gasteiger partial charge in [0.2, 0.25) is 0 Å². The maximum atomic E-state index is 4.04. The molecule has 0 amide bonds. The molecule has 0 N–H and O–H groups in total. The quantitative estimate of drug-likeness (QED) is 0.553. The van der Waals surface area contributed by atoms with Crippen molar-refractivity contribution < 1.29 is 0 Å². The van der Waals surface area contributed by atoms with Crippen LogP contribution in [-0.4, -0.2) is 12.5 Å². The molecule has 1 nitrogen and oxygen atoms in total. The van der Waals surface area contributed by atoms with Crippen molar-refractivity contribution in [1.29, 1.82) is 0 Å². The number of thioether (sulfide) groups is 2.